The maximum absolute atomic E-state index is 9.10. The average Bonchev–Trinajstić information content (AvgIpc) is 2.62. The second-order valence-electron chi connectivity index (χ2n) is 5.42. The van der Waals surface area contributed by atoms with Gasteiger partial charge in [-0.2, -0.15) is 0 Å². The van der Waals surface area contributed by atoms with Gasteiger partial charge in [-0.1, -0.05) is 24.3 Å². The molecule has 1 unspecified atom stereocenters. The second kappa shape index (κ2) is 6.05. The Morgan fingerprint density at radius 3 is 2.20 bits per heavy atom. The Morgan fingerprint density at radius 1 is 1.10 bits per heavy atom. The summed E-state index contributed by atoms with van der Waals surface area (Å²) in [4.78, 5) is 20.7. The molecule has 0 aromatic heterocycles. The third-order valence-electron chi connectivity index (χ3n) is 4.02. The molecule has 20 heavy (non-hydrogen) atoms. The van der Waals surface area contributed by atoms with E-state index in [4.69, 9.17) is 19.8 Å². The maximum Gasteiger partial charge on any atom is 0.414 e. The van der Waals surface area contributed by atoms with E-state index in [1.165, 1.54) is 25.9 Å². The van der Waals surface area contributed by atoms with Crippen LogP contribution in [0.1, 0.15) is 35.8 Å². The number of likely N-dealkylation sites (N-methyl/N-ethyl adjacent to an activating group) is 1. The lowest BCUT2D eigenvalue weighted by molar-refractivity contribution is -0.159. The Balaban J connectivity index is 0.000000212. The summed E-state index contributed by atoms with van der Waals surface area (Å²) in [6.07, 6.45) is 2.74. The molecule has 1 heterocycles. The van der Waals surface area contributed by atoms with Gasteiger partial charge in [0.05, 0.1) is 0 Å². The minimum Gasteiger partial charge on any atom is -0.473 e. The number of benzene rings is 1. The Hall–Kier alpha value is -1.88. The van der Waals surface area contributed by atoms with E-state index in [0.29, 0.717) is 0 Å². The number of carboxylic acids is 2. The second-order valence-corrected chi connectivity index (χ2v) is 5.42. The van der Waals surface area contributed by atoms with E-state index in [1.807, 2.05) is 0 Å². The molecule has 0 spiro atoms. The van der Waals surface area contributed by atoms with Gasteiger partial charge in [-0.15, -0.1) is 0 Å². The van der Waals surface area contributed by atoms with Crippen LogP contribution in [0.3, 0.4) is 0 Å². The van der Waals surface area contributed by atoms with Gasteiger partial charge in [-0.3, -0.25) is 0 Å². The first-order valence-electron chi connectivity index (χ1n) is 6.72. The summed E-state index contributed by atoms with van der Waals surface area (Å²) < 4.78 is 0. The van der Waals surface area contributed by atoms with E-state index in [-0.39, 0.29) is 0 Å². The maximum atomic E-state index is 9.10. The molecule has 108 valence electrons. The summed E-state index contributed by atoms with van der Waals surface area (Å²) in [5.74, 6) is -1.99. The molecule has 1 aromatic rings. The van der Waals surface area contributed by atoms with E-state index < -0.39 is 11.9 Å². The van der Waals surface area contributed by atoms with Crippen molar-refractivity contribution in [3.05, 3.63) is 35.4 Å². The lowest BCUT2D eigenvalue weighted by atomic mass is 9.98. The normalized spacial score (nSPS) is 24.1. The molecule has 3 rings (SSSR count). The van der Waals surface area contributed by atoms with E-state index in [2.05, 4.69) is 36.2 Å². The van der Waals surface area contributed by atoms with Crippen LogP contribution in [0.25, 0.3) is 0 Å². The topological polar surface area (TPSA) is 77.8 Å². The summed E-state index contributed by atoms with van der Waals surface area (Å²) >= 11 is 0. The monoisotopic (exact) mass is 277 g/mol. The number of carboxylic acid groups (broad SMARTS) is 2. The number of hydrogen-bond acceptors (Lipinski definition) is 3. The van der Waals surface area contributed by atoms with E-state index in [1.54, 1.807) is 11.1 Å². The molecular weight excluding hydrogens is 258 g/mol. The summed E-state index contributed by atoms with van der Waals surface area (Å²) in [5, 5.41) is 14.8. The lowest BCUT2D eigenvalue weighted by Gasteiger charge is -2.21. The molecule has 0 saturated carbocycles. The van der Waals surface area contributed by atoms with Gasteiger partial charge in [0.25, 0.3) is 0 Å². The van der Waals surface area contributed by atoms with Crippen molar-refractivity contribution in [1.82, 2.24) is 4.90 Å². The van der Waals surface area contributed by atoms with Gasteiger partial charge < -0.3 is 15.1 Å². The predicted molar refractivity (Wildman–Crippen MR) is 73.9 cm³/mol. The molecule has 1 aliphatic carbocycles. The van der Waals surface area contributed by atoms with Crippen molar-refractivity contribution in [3.8, 4) is 0 Å². The molecule has 1 aromatic carbocycles. The van der Waals surface area contributed by atoms with Crippen LogP contribution >= 0.6 is 0 Å². The van der Waals surface area contributed by atoms with Crippen LogP contribution in [0, 0.1) is 0 Å². The van der Waals surface area contributed by atoms with Crippen LogP contribution in [0.15, 0.2) is 24.3 Å². The third kappa shape index (κ3) is 3.17. The SMILES string of the molecule is CN1CCC2C[C@@H](C1)c1ccccc12.O=C(O)C(=O)O. The molecule has 2 bridgehead atoms. The standard InChI is InChI=1S/C13H17N.C2H2O4/c1-14-7-6-10-8-11(9-14)13-5-3-2-4-12(10)13;3-1(4)2(5)6/h2-5,10-11H,6-9H2,1H3;(H,3,4)(H,5,6)/t10?,11-;/m0./s1. The van der Waals surface area contributed by atoms with Gasteiger partial charge in [0, 0.05) is 6.54 Å². The smallest absolute Gasteiger partial charge is 0.414 e. The highest BCUT2D eigenvalue weighted by Crippen LogP contribution is 2.45. The number of carbonyl (C=O) groups is 2. The van der Waals surface area contributed by atoms with Crippen LogP contribution in [-0.2, 0) is 9.59 Å². The van der Waals surface area contributed by atoms with E-state index in [0.717, 1.165) is 11.8 Å². The number of likely N-dealkylation sites (tertiary alicyclic amines) is 1. The van der Waals surface area contributed by atoms with Crippen LogP contribution in [0.5, 0.6) is 0 Å². The van der Waals surface area contributed by atoms with Gasteiger partial charge >= 0.3 is 11.9 Å². The van der Waals surface area contributed by atoms with Gasteiger partial charge in [0.1, 0.15) is 0 Å². The predicted octanol–water partition coefficient (Wildman–Crippen LogP) is 1.75. The van der Waals surface area contributed by atoms with Crippen LogP contribution in [0.4, 0.5) is 0 Å². The van der Waals surface area contributed by atoms with Gasteiger partial charge in [-0.05, 0) is 49.4 Å². The van der Waals surface area contributed by atoms with Crippen LogP contribution in [0.2, 0.25) is 0 Å². The Bertz CT molecular complexity index is 500. The zero-order chi connectivity index (χ0) is 14.7. The van der Waals surface area contributed by atoms with Crippen LogP contribution < -0.4 is 0 Å². The fraction of sp³-hybridized carbons (Fsp3) is 0.467. The molecular formula is C15H19NO4. The van der Waals surface area contributed by atoms with Crippen molar-refractivity contribution >= 4 is 11.9 Å². The van der Waals surface area contributed by atoms with Crippen molar-refractivity contribution in [2.45, 2.75) is 24.7 Å². The summed E-state index contributed by atoms with van der Waals surface area (Å²) in [6.45, 7) is 2.53. The van der Waals surface area contributed by atoms with Crippen molar-refractivity contribution in [2.24, 2.45) is 0 Å². The summed E-state index contributed by atoms with van der Waals surface area (Å²) in [7, 11) is 2.25. The van der Waals surface area contributed by atoms with E-state index >= 15 is 0 Å². The fourth-order valence-electron chi connectivity index (χ4n) is 3.14. The van der Waals surface area contributed by atoms with Gasteiger partial charge in [0.2, 0.25) is 0 Å². The van der Waals surface area contributed by atoms with Crippen molar-refractivity contribution in [3.63, 3.8) is 0 Å². The number of rotatable bonds is 0. The van der Waals surface area contributed by atoms with Crippen LogP contribution in [-0.4, -0.2) is 47.2 Å². The summed E-state index contributed by atoms with van der Waals surface area (Å²) in [6, 6.07) is 9.06. The fourth-order valence-corrected chi connectivity index (χ4v) is 3.14. The minimum atomic E-state index is -1.82. The number of aliphatic carboxylic acids is 2. The highest BCUT2D eigenvalue weighted by molar-refractivity contribution is 6.27. The molecule has 1 aliphatic heterocycles. The van der Waals surface area contributed by atoms with Crippen molar-refractivity contribution < 1.29 is 19.8 Å². The molecule has 5 nitrogen and oxygen atoms in total. The molecule has 2 N–H and O–H groups in total. The molecule has 1 fully saturated rings. The first-order chi connectivity index (χ1) is 9.49. The Morgan fingerprint density at radius 2 is 1.65 bits per heavy atom. The molecule has 5 heteroatoms. The molecule has 1 saturated heterocycles. The number of hydrogen-bond donors (Lipinski definition) is 2. The van der Waals surface area contributed by atoms with Gasteiger partial charge in [-0.25, -0.2) is 9.59 Å². The lowest BCUT2D eigenvalue weighted by Crippen LogP contribution is -2.23. The quantitative estimate of drug-likeness (QED) is 0.706. The van der Waals surface area contributed by atoms with Crippen molar-refractivity contribution in [2.75, 3.05) is 20.1 Å². The van der Waals surface area contributed by atoms with Gasteiger partial charge in [0.15, 0.2) is 0 Å². The Kier molecular flexibility index (Phi) is 4.39. The first-order valence-corrected chi connectivity index (χ1v) is 6.72. The zero-order valence-electron chi connectivity index (χ0n) is 11.5. The van der Waals surface area contributed by atoms with E-state index in [9.17, 15) is 0 Å². The minimum absolute atomic E-state index is 0.809. The molecule has 0 radical (unpaired) electrons. The summed E-state index contributed by atoms with van der Waals surface area (Å²) in [5.41, 5.74) is 3.27. The molecule has 2 atom stereocenters. The first kappa shape index (κ1) is 14.5. The average molecular weight is 277 g/mol. The highest BCUT2D eigenvalue weighted by Gasteiger charge is 2.33. The Labute approximate surface area is 117 Å². The van der Waals surface area contributed by atoms with Crippen molar-refractivity contribution in [1.29, 1.82) is 0 Å². The zero-order valence-corrected chi connectivity index (χ0v) is 11.5. The highest BCUT2D eigenvalue weighted by atomic mass is 16.4. The number of nitrogens with zero attached hydrogens (tertiary/aromatic N) is 1. The number of fused-ring (bicyclic) bond motifs is 5. The molecule has 0 amide bonds. The molecule has 2 aliphatic rings. The largest absolute Gasteiger partial charge is 0.473 e. The third-order valence-corrected chi connectivity index (χ3v) is 4.02.